The predicted octanol–water partition coefficient (Wildman–Crippen LogP) is 2.19. The van der Waals surface area contributed by atoms with Gasteiger partial charge >= 0.3 is 0 Å². The van der Waals surface area contributed by atoms with Gasteiger partial charge in [-0.1, -0.05) is 0 Å². The molecule has 0 atom stereocenters. The average molecular weight is 216 g/mol. The number of nitrogens with zero attached hydrogens (tertiary/aromatic N) is 4. The Labute approximate surface area is 95.8 Å². The Bertz CT molecular complexity index is 440. The van der Waals surface area contributed by atoms with Gasteiger partial charge in [0.2, 0.25) is 0 Å². The molecule has 0 radical (unpaired) electrons. The molecule has 0 amide bonds. The quantitative estimate of drug-likeness (QED) is 0.677. The Morgan fingerprint density at radius 1 is 0.750 bits per heavy atom. The summed E-state index contributed by atoms with van der Waals surface area (Å²) in [5.41, 5.74) is 3.98. The van der Waals surface area contributed by atoms with E-state index in [9.17, 15) is 0 Å². The Balaban J connectivity index is 0.000000165. The first-order valence-corrected chi connectivity index (χ1v) is 5.09. The molecular formula is C12H16N4. The molecule has 0 bridgehead atoms. The van der Waals surface area contributed by atoms with Gasteiger partial charge in [-0.25, -0.2) is 0 Å². The van der Waals surface area contributed by atoms with Gasteiger partial charge in [-0.3, -0.25) is 19.9 Å². The number of rotatable bonds is 0. The van der Waals surface area contributed by atoms with Gasteiger partial charge in [-0.2, -0.15) is 0 Å². The van der Waals surface area contributed by atoms with E-state index in [1.54, 1.807) is 24.8 Å². The molecule has 4 nitrogen and oxygen atoms in total. The fourth-order valence-corrected chi connectivity index (χ4v) is 1.03. The Hall–Kier alpha value is -1.84. The molecule has 0 aliphatic heterocycles. The lowest BCUT2D eigenvalue weighted by Crippen LogP contribution is -1.92. The Morgan fingerprint density at radius 2 is 1.50 bits per heavy atom. The van der Waals surface area contributed by atoms with Crippen LogP contribution in [0.1, 0.15) is 22.8 Å². The van der Waals surface area contributed by atoms with E-state index in [2.05, 4.69) is 19.9 Å². The lowest BCUT2D eigenvalue weighted by atomic mass is 10.3. The summed E-state index contributed by atoms with van der Waals surface area (Å²) in [5.74, 6) is 0. The molecule has 0 aliphatic rings. The van der Waals surface area contributed by atoms with E-state index in [0.717, 1.165) is 22.8 Å². The highest BCUT2D eigenvalue weighted by atomic mass is 14.8. The number of hydrogen-bond acceptors (Lipinski definition) is 4. The van der Waals surface area contributed by atoms with Crippen LogP contribution >= 0.6 is 0 Å². The molecule has 0 fully saturated rings. The monoisotopic (exact) mass is 216 g/mol. The molecule has 0 saturated carbocycles. The van der Waals surface area contributed by atoms with Crippen molar-refractivity contribution in [3.05, 3.63) is 47.6 Å². The zero-order chi connectivity index (χ0) is 12.0. The second kappa shape index (κ2) is 5.90. The third-order valence-corrected chi connectivity index (χ3v) is 2.00. The van der Waals surface area contributed by atoms with Gasteiger partial charge in [0.15, 0.2) is 0 Å². The molecule has 0 spiro atoms. The summed E-state index contributed by atoms with van der Waals surface area (Å²) in [6.45, 7) is 7.78. The molecule has 4 heteroatoms. The van der Waals surface area contributed by atoms with Crippen LogP contribution in [0.15, 0.2) is 24.8 Å². The van der Waals surface area contributed by atoms with Gasteiger partial charge in [0.05, 0.1) is 22.8 Å². The highest BCUT2D eigenvalue weighted by Crippen LogP contribution is 1.98. The smallest absolute Gasteiger partial charge is 0.0588 e. The molecule has 0 unspecified atom stereocenters. The maximum absolute atomic E-state index is 4.21. The van der Waals surface area contributed by atoms with Crippen molar-refractivity contribution in [1.82, 2.24) is 19.9 Å². The van der Waals surface area contributed by atoms with Crippen LogP contribution in [0.4, 0.5) is 0 Å². The van der Waals surface area contributed by atoms with Crippen LogP contribution < -0.4 is 0 Å². The maximum Gasteiger partial charge on any atom is 0.0588 e. The van der Waals surface area contributed by atoms with Crippen LogP contribution in [0.3, 0.4) is 0 Å². The molecule has 84 valence electrons. The van der Waals surface area contributed by atoms with Crippen LogP contribution in [-0.4, -0.2) is 19.9 Å². The van der Waals surface area contributed by atoms with E-state index < -0.39 is 0 Å². The van der Waals surface area contributed by atoms with Gasteiger partial charge in [-0.05, 0) is 27.7 Å². The molecule has 0 aliphatic carbocycles. The zero-order valence-electron chi connectivity index (χ0n) is 10.1. The van der Waals surface area contributed by atoms with Crippen molar-refractivity contribution in [2.45, 2.75) is 27.7 Å². The molecule has 0 saturated heterocycles. The van der Waals surface area contributed by atoms with Gasteiger partial charge < -0.3 is 0 Å². The van der Waals surface area contributed by atoms with Crippen molar-refractivity contribution < 1.29 is 0 Å². The lowest BCUT2D eigenvalue weighted by Gasteiger charge is -1.96. The van der Waals surface area contributed by atoms with E-state index >= 15 is 0 Å². The van der Waals surface area contributed by atoms with Crippen LogP contribution in [0.2, 0.25) is 0 Å². The molecular weight excluding hydrogens is 200 g/mol. The van der Waals surface area contributed by atoms with Crippen molar-refractivity contribution in [3.8, 4) is 0 Å². The van der Waals surface area contributed by atoms with Gasteiger partial charge in [-0.15, -0.1) is 0 Å². The fraction of sp³-hybridized carbons (Fsp3) is 0.333. The van der Waals surface area contributed by atoms with E-state index in [1.165, 1.54) is 0 Å². The second-order valence-electron chi connectivity index (χ2n) is 3.53. The largest absolute Gasteiger partial charge is 0.261 e. The molecule has 0 N–H and O–H groups in total. The summed E-state index contributed by atoms with van der Waals surface area (Å²) >= 11 is 0. The number of aromatic nitrogens is 4. The van der Waals surface area contributed by atoms with Crippen molar-refractivity contribution in [3.63, 3.8) is 0 Å². The first-order chi connectivity index (χ1) is 7.59. The highest BCUT2D eigenvalue weighted by molar-refractivity contribution is 5.09. The summed E-state index contributed by atoms with van der Waals surface area (Å²) in [7, 11) is 0. The standard InChI is InChI=1S/C7H10N2.C5H6N2/c1-5-4-8-6(2)7(3)9-5;1-5-4-6-2-3-7-5/h4H,1-3H3;2-4H,1H3. The minimum Gasteiger partial charge on any atom is -0.261 e. The first kappa shape index (κ1) is 12.2. The Kier molecular flexibility index (Phi) is 4.51. The van der Waals surface area contributed by atoms with Gasteiger partial charge in [0.1, 0.15) is 0 Å². The average Bonchev–Trinajstić information content (AvgIpc) is 2.26. The molecule has 2 heterocycles. The van der Waals surface area contributed by atoms with E-state index in [4.69, 9.17) is 0 Å². The van der Waals surface area contributed by atoms with E-state index in [1.807, 2.05) is 27.7 Å². The summed E-state index contributed by atoms with van der Waals surface area (Å²) in [6, 6.07) is 0. The van der Waals surface area contributed by atoms with Crippen molar-refractivity contribution in [2.75, 3.05) is 0 Å². The molecule has 16 heavy (non-hydrogen) atoms. The maximum atomic E-state index is 4.21. The third kappa shape index (κ3) is 4.13. The molecule has 2 aromatic rings. The highest BCUT2D eigenvalue weighted by Gasteiger charge is 1.92. The summed E-state index contributed by atoms with van der Waals surface area (Å²) < 4.78 is 0. The van der Waals surface area contributed by atoms with Gasteiger partial charge in [0, 0.05) is 24.8 Å². The summed E-state index contributed by atoms with van der Waals surface area (Å²) in [5, 5.41) is 0. The second-order valence-corrected chi connectivity index (χ2v) is 3.53. The minimum atomic E-state index is 0.961. The summed E-state index contributed by atoms with van der Waals surface area (Å²) in [6.07, 6.45) is 6.84. The predicted molar refractivity (Wildman–Crippen MR) is 63.0 cm³/mol. The Morgan fingerprint density at radius 3 is 1.88 bits per heavy atom. The van der Waals surface area contributed by atoms with Crippen LogP contribution in [0, 0.1) is 27.7 Å². The third-order valence-electron chi connectivity index (χ3n) is 2.00. The van der Waals surface area contributed by atoms with Crippen molar-refractivity contribution >= 4 is 0 Å². The van der Waals surface area contributed by atoms with Crippen LogP contribution in [0.25, 0.3) is 0 Å². The number of hydrogen-bond donors (Lipinski definition) is 0. The van der Waals surface area contributed by atoms with Crippen molar-refractivity contribution in [1.29, 1.82) is 0 Å². The fourth-order valence-electron chi connectivity index (χ4n) is 1.03. The SMILES string of the molecule is Cc1cnc(C)c(C)n1.Cc1cnccn1. The molecule has 2 aromatic heterocycles. The minimum absolute atomic E-state index is 0.961. The van der Waals surface area contributed by atoms with E-state index in [0.29, 0.717) is 0 Å². The topological polar surface area (TPSA) is 51.6 Å². The van der Waals surface area contributed by atoms with Crippen LogP contribution in [0.5, 0.6) is 0 Å². The summed E-state index contributed by atoms with van der Waals surface area (Å²) in [4.78, 5) is 16.1. The van der Waals surface area contributed by atoms with Crippen molar-refractivity contribution in [2.24, 2.45) is 0 Å². The zero-order valence-corrected chi connectivity index (χ0v) is 10.1. The molecule has 2 rings (SSSR count). The van der Waals surface area contributed by atoms with Gasteiger partial charge in [0.25, 0.3) is 0 Å². The van der Waals surface area contributed by atoms with E-state index in [-0.39, 0.29) is 0 Å². The molecule has 0 aromatic carbocycles. The number of aryl methyl sites for hydroxylation is 4. The lowest BCUT2D eigenvalue weighted by molar-refractivity contribution is 1.00. The normalized spacial score (nSPS) is 9.25. The first-order valence-electron chi connectivity index (χ1n) is 5.09. The van der Waals surface area contributed by atoms with Crippen LogP contribution in [-0.2, 0) is 0 Å².